The highest BCUT2D eigenvalue weighted by Crippen LogP contribution is 2.67. The number of carbonyl (C=O) groups is 3. The molecule has 0 aromatic heterocycles. The van der Waals surface area contributed by atoms with Gasteiger partial charge < -0.3 is 4.74 Å². The van der Waals surface area contributed by atoms with Crippen molar-refractivity contribution in [3.05, 3.63) is 0 Å². The summed E-state index contributed by atoms with van der Waals surface area (Å²) in [6.07, 6.45) is 10.9. The Morgan fingerprint density at radius 1 is 1.00 bits per heavy atom. The molecule has 0 N–H and O–H groups in total. The molecule has 0 aromatic carbocycles. The molecule has 4 aliphatic carbocycles. The second-order valence-electron chi connectivity index (χ2n) is 12.4. The Bertz CT molecular complexity index is 759. The lowest BCUT2D eigenvalue weighted by Crippen LogP contribution is -2.57. The Kier molecular flexibility index (Phi) is 6.64. The maximum absolute atomic E-state index is 13.5. The van der Waals surface area contributed by atoms with Crippen LogP contribution in [-0.4, -0.2) is 24.6 Å². The lowest BCUT2D eigenvalue weighted by molar-refractivity contribution is -0.159. The third kappa shape index (κ3) is 3.88. The lowest BCUT2D eigenvalue weighted by Gasteiger charge is -2.59. The molecule has 0 aromatic rings. The second-order valence-corrected chi connectivity index (χ2v) is 12.4. The SMILES string of the molecule is COC(=O)C(C)CCC[C@@H](C)[C@H]1CC[C@H]2[C@@H]3C(=O)C[C@@H]4CC(=O)CC[C@]4(C)[C@H]3CC[C@]12C. The van der Waals surface area contributed by atoms with Gasteiger partial charge in [0.15, 0.2) is 0 Å². The van der Waals surface area contributed by atoms with Gasteiger partial charge in [-0.1, -0.05) is 40.5 Å². The summed E-state index contributed by atoms with van der Waals surface area (Å²) in [4.78, 5) is 37.3. The first-order chi connectivity index (χ1) is 15.1. The quantitative estimate of drug-likeness (QED) is 0.471. The molecule has 180 valence electrons. The molecule has 4 rings (SSSR count). The van der Waals surface area contributed by atoms with Crippen LogP contribution in [0.5, 0.6) is 0 Å². The smallest absolute Gasteiger partial charge is 0.308 e. The van der Waals surface area contributed by atoms with Crippen molar-refractivity contribution in [3.63, 3.8) is 0 Å². The van der Waals surface area contributed by atoms with Crippen LogP contribution in [-0.2, 0) is 19.1 Å². The Hall–Kier alpha value is -1.19. The van der Waals surface area contributed by atoms with Gasteiger partial charge in [0.2, 0.25) is 0 Å². The summed E-state index contributed by atoms with van der Waals surface area (Å²) in [6, 6.07) is 0. The normalized spacial score (nSPS) is 43.1. The standard InChI is InChI=1S/C28H44O4/c1-17(7-6-8-18(2)26(31)32-5)21-9-10-22-25-23(12-14-28(21,22)4)27(3)13-11-20(29)15-19(27)16-24(25)30/h17-19,21-23,25H,6-16H2,1-5H3/t17-,18?,19+,21-,22+,23+,25+,27+,28-/m1/s1. The van der Waals surface area contributed by atoms with Crippen LogP contribution in [0.3, 0.4) is 0 Å². The molecule has 0 heterocycles. The van der Waals surface area contributed by atoms with Crippen LogP contribution < -0.4 is 0 Å². The third-order valence-corrected chi connectivity index (χ3v) is 10.9. The average molecular weight is 445 g/mol. The summed E-state index contributed by atoms with van der Waals surface area (Å²) in [5.74, 6) is 3.53. The van der Waals surface area contributed by atoms with Crippen LogP contribution in [0, 0.1) is 52.3 Å². The number of Topliss-reactive ketones (excluding diaryl/α,β-unsaturated/α-hetero) is 2. The molecule has 0 aliphatic heterocycles. The fourth-order valence-corrected chi connectivity index (χ4v) is 8.97. The number of ketones is 2. The number of hydrogen-bond acceptors (Lipinski definition) is 4. The van der Waals surface area contributed by atoms with E-state index in [-0.39, 0.29) is 34.6 Å². The number of fused-ring (bicyclic) bond motifs is 5. The van der Waals surface area contributed by atoms with Gasteiger partial charge in [0.1, 0.15) is 11.6 Å². The third-order valence-electron chi connectivity index (χ3n) is 10.9. The van der Waals surface area contributed by atoms with Crippen molar-refractivity contribution in [2.75, 3.05) is 7.11 Å². The van der Waals surface area contributed by atoms with E-state index in [4.69, 9.17) is 4.74 Å². The summed E-state index contributed by atoms with van der Waals surface area (Å²) in [7, 11) is 1.47. The number of rotatable bonds is 6. The van der Waals surface area contributed by atoms with Crippen molar-refractivity contribution in [1.29, 1.82) is 0 Å². The fraction of sp³-hybridized carbons (Fsp3) is 0.893. The number of hydrogen-bond donors (Lipinski definition) is 0. The minimum atomic E-state index is -0.101. The molecule has 1 unspecified atom stereocenters. The molecule has 9 atom stereocenters. The van der Waals surface area contributed by atoms with E-state index in [2.05, 4.69) is 20.8 Å². The Morgan fingerprint density at radius 3 is 2.44 bits per heavy atom. The van der Waals surface area contributed by atoms with E-state index in [9.17, 15) is 14.4 Å². The van der Waals surface area contributed by atoms with Crippen LogP contribution in [0.4, 0.5) is 0 Å². The molecule has 4 nitrogen and oxygen atoms in total. The molecule has 4 heteroatoms. The van der Waals surface area contributed by atoms with Gasteiger partial charge in [0.25, 0.3) is 0 Å². The molecule has 0 saturated heterocycles. The van der Waals surface area contributed by atoms with Gasteiger partial charge in [0.05, 0.1) is 13.0 Å². The molecule has 4 aliphatic rings. The minimum absolute atomic E-state index is 0.0227. The highest BCUT2D eigenvalue weighted by atomic mass is 16.5. The predicted octanol–water partition coefficient (Wildman–Crippen LogP) is 6.01. The molecule has 0 bridgehead atoms. The fourth-order valence-electron chi connectivity index (χ4n) is 8.97. The summed E-state index contributed by atoms with van der Waals surface area (Å²) in [5, 5.41) is 0. The topological polar surface area (TPSA) is 60.4 Å². The Morgan fingerprint density at radius 2 is 1.72 bits per heavy atom. The van der Waals surface area contributed by atoms with E-state index >= 15 is 0 Å². The average Bonchev–Trinajstić information content (AvgIpc) is 3.11. The molecule has 4 saturated carbocycles. The van der Waals surface area contributed by atoms with Gasteiger partial charge in [-0.05, 0) is 78.9 Å². The van der Waals surface area contributed by atoms with Crippen LogP contribution in [0.1, 0.15) is 98.3 Å². The molecule has 32 heavy (non-hydrogen) atoms. The summed E-state index contributed by atoms with van der Waals surface area (Å²) in [5.41, 5.74) is 0.444. The second kappa shape index (κ2) is 8.87. The maximum atomic E-state index is 13.5. The molecular weight excluding hydrogens is 400 g/mol. The number of carbonyl (C=O) groups excluding carboxylic acids is 3. The first-order valence-corrected chi connectivity index (χ1v) is 13.2. The predicted molar refractivity (Wildman–Crippen MR) is 125 cm³/mol. The number of methoxy groups -OCH3 is 1. The van der Waals surface area contributed by atoms with Gasteiger partial charge in [-0.25, -0.2) is 0 Å². The lowest BCUT2D eigenvalue weighted by atomic mass is 9.44. The first kappa shape index (κ1) is 24.0. The van der Waals surface area contributed by atoms with E-state index in [1.807, 2.05) is 6.92 Å². The van der Waals surface area contributed by atoms with E-state index in [1.165, 1.54) is 26.4 Å². The van der Waals surface area contributed by atoms with Crippen LogP contribution in [0.2, 0.25) is 0 Å². The van der Waals surface area contributed by atoms with Crippen molar-refractivity contribution >= 4 is 17.5 Å². The zero-order valence-corrected chi connectivity index (χ0v) is 21.0. The summed E-state index contributed by atoms with van der Waals surface area (Å²) >= 11 is 0. The Labute approximate surface area is 194 Å². The van der Waals surface area contributed by atoms with Crippen molar-refractivity contribution in [1.82, 2.24) is 0 Å². The van der Waals surface area contributed by atoms with Gasteiger partial charge in [-0.2, -0.15) is 0 Å². The zero-order valence-electron chi connectivity index (χ0n) is 21.0. The van der Waals surface area contributed by atoms with Crippen LogP contribution >= 0.6 is 0 Å². The maximum Gasteiger partial charge on any atom is 0.308 e. The summed E-state index contributed by atoms with van der Waals surface area (Å²) < 4.78 is 4.88. The van der Waals surface area contributed by atoms with E-state index in [1.54, 1.807) is 0 Å². The van der Waals surface area contributed by atoms with Gasteiger partial charge in [0, 0.05) is 25.2 Å². The molecule has 0 amide bonds. The highest BCUT2D eigenvalue weighted by molar-refractivity contribution is 5.86. The minimum Gasteiger partial charge on any atom is -0.469 e. The van der Waals surface area contributed by atoms with Crippen molar-refractivity contribution < 1.29 is 19.1 Å². The Balaban J connectivity index is 1.44. The van der Waals surface area contributed by atoms with Crippen molar-refractivity contribution in [2.24, 2.45) is 52.3 Å². The monoisotopic (exact) mass is 444 g/mol. The first-order valence-electron chi connectivity index (χ1n) is 13.2. The summed E-state index contributed by atoms with van der Waals surface area (Å²) in [6.45, 7) is 9.27. The number of esters is 1. The largest absolute Gasteiger partial charge is 0.469 e. The van der Waals surface area contributed by atoms with Crippen molar-refractivity contribution in [3.8, 4) is 0 Å². The molecule has 0 radical (unpaired) electrons. The van der Waals surface area contributed by atoms with Gasteiger partial charge in [-0.15, -0.1) is 0 Å². The molecule has 0 spiro atoms. The van der Waals surface area contributed by atoms with E-state index in [0.717, 1.165) is 38.5 Å². The molecular formula is C28H44O4. The van der Waals surface area contributed by atoms with Crippen molar-refractivity contribution in [2.45, 2.75) is 98.3 Å². The number of ether oxygens (including phenoxy) is 1. The zero-order chi connectivity index (χ0) is 23.3. The molecule has 4 fully saturated rings. The van der Waals surface area contributed by atoms with E-state index in [0.29, 0.717) is 48.1 Å². The van der Waals surface area contributed by atoms with Crippen LogP contribution in [0.25, 0.3) is 0 Å². The van der Waals surface area contributed by atoms with Gasteiger partial charge >= 0.3 is 5.97 Å². The van der Waals surface area contributed by atoms with E-state index < -0.39 is 0 Å². The van der Waals surface area contributed by atoms with Crippen LogP contribution in [0.15, 0.2) is 0 Å². The van der Waals surface area contributed by atoms with Gasteiger partial charge in [-0.3, -0.25) is 14.4 Å². The highest BCUT2D eigenvalue weighted by Gasteiger charge is 2.63.